The maximum Gasteiger partial charge on any atom is 0.251 e. The number of methoxy groups -OCH3 is 1. The second kappa shape index (κ2) is 7.26. The van der Waals surface area contributed by atoms with E-state index < -0.39 is 10.8 Å². The van der Waals surface area contributed by atoms with Gasteiger partial charge >= 0.3 is 0 Å². The number of rotatable bonds is 6. The monoisotopic (exact) mass is 309 g/mol. The first kappa shape index (κ1) is 15.6. The molecular formula is C15H19NO4S. The van der Waals surface area contributed by atoms with Gasteiger partial charge in [-0.05, 0) is 24.6 Å². The molecule has 6 heteroatoms. The number of nitrogens with one attached hydrogen (secondary N) is 1. The van der Waals surface area contributed by atoms with Gasteiger partial charge in [-0.15, -0.1) is 0 Å². The first-order valence-electron chi connectivity index (χ1n) is 6.71. The molecule has 0 spiro atoms. The molecule has 1 aliphatic heterocycles. The largest absolute Gasteiger partial charge is 0.493 e. The molecule has 2 rings (SSSR count). The summed E-state index contributed by atoms with van der Waals surface area (Å²) in [6.07, 6.45) is 2.40. The van der Waals surface area contributed by atoms with Gasteiger partial charge in [-0.25, -0.2) is 0 Å². The molecule has 1 aromatic rings. The lowest BCUT2D eigenvalue weighted by molar-refractivity contribution is 0.0940. The Morgan fingerprint density at radius 3 is 2.95 bits per heavy atom. The molecule has 1 amide bonds. The smallest absolute Gasteiger partial charge is 0.251 e. The summed E-state index contributed by atoms with van der Waals surface area (Å²) in [5.41, 5.74) is 0.496. The van der Waals surface area contributed by atoms with E-state index in [2.05, 4.69) is 11.9 Å². The number of hydrogen-bond donors (Lipinski definition) is 1. The van der Waals surface area contributed by atoms with Gasteiger partial charge < -0.3 is 14.8 Å². The Kier molecular flexibility index (Phi) is 5.38. The quantitative estimate of drug-likeness (QED) is 0.809. The molecule has 0 aliphatic carbocycles. The Labute approximate surface area is 126 Å². The molecule has 0 unspecified atom stereocenters. The molecule has 1 saturated heterocycles. The van der Waals surface area contributed by atoms with E-state index >= 15 is 0 Å². The zero-order valence-corrected chi connectivity index (χ0v) is 12.8. The highest BCUT2D eigenvalue weighted by Gasteiger charge is 2.23. The fraction of sp³-hybridized carbons (Fsp3) is 0.400. The standard InChI is InChI=1S/C15H19NO4S/c1-3-7-20-13-5-4-11(9-14(13)19-2)15(17)16-12-6-8-21(18)10-12/h3-5,9,12H,1,6-8,10H2,2H3,(H,16,17)/t12-,21-/m0/s1. The fourth-order valence-electron chi connectivity index (χ4n) is 2.12. The minimum absolute atomic E-state index is 0.0129. The van der Waals surface area contributed by atoms with Crippen molar-refractivity contribution in [2.75, 3.05) is 25.2 Å². The van der Waals surface area contributed by atoms with Crippen LogP contribution in [-0.4, -0.2) is 41.4 Å². The van der Waals surface area contributed by atoms with Gasteiger partial charge in [-0.1, -0.05) is 12.7 Å². The van der Waals surface area contributed by atoms with Crippen LogP contribution in [-0.2, 0) is 10.8 Å². The first-order valence-corrected chi connectivity index (χ1v) is 8.20. The van der Waals surface area contributed by atoms with Gasteiger partial charge in [0, 0.05) is 33.9 Å². The van der Waals surface area contributed by atoms with Crippen molar-refractivity contribution in [3.05, 3.63) is 36.4 Å². The highest BCUT2D eigenvalue weighted by molar-refractivity contribution is 7.85. The van der Waals surface area contributed by atoms with Crippen LogP contribution in [0.4, 0.5) is 0 Å². The molecule has 1 heterocycles. The lowest BCUT2D eigenvalue weighted by Gasteiger charge is -2.13. The van der Waals surface area contributed by atoms with E-state index in [1.54, 1.807) is 24.3 Å². The van der Waals surface area contributed by atoms with E-state index in [1.807, 2.05) is 0 Å². The van der Waals surface area contributed by atoms with E-state index in [0.717, 1.165) is 6.42 Å². The Morgan fingerprint density at radius 2 is 2.33 bits per heavy atom. The minimum atomic E-state index is -0.808. The van der Waals surface area contributed by atoms with Crippen molar-refractivity contribution in [2.24, 2.45) is 0 Å². The topological polar surface area (TPSA) is 64.6 Å². The molecule has 1 fully saturated rings. The van der Waals surface area contributed by atoms with Crippen molar-refractivity contribution >= 4 is 16.7 Å². The van der Waals surface area contributed by atoms with Gasteiger partial charge in [0.15, 0.2) is 11.5 Å². The lowest BCUT2D eigenvalue weighted by Crippen LogP contribution is -2.35. The summed E-state index contributed by atoms with van der Waals surface area (Å²) in [4.78, 5) is 12.2. The van der Waals surface area contributed by atoms with Crippen LogP contribution in [0.25, 0.3) is 0 Å². The summed E-state index contributed by atoms with van der Waals surface area (Å²) in [7, 11) is 0.718. The van der Waals surface area contributed by atoms with E-state index in [4.69, 9.17) is 9.47 Å². The van der Waals surface area contributed by atoms with Gasteiger partial charge in [-0.2, -0.15) is 0 Å². The zero-order chi connectivity index (χ0) is 15.2. The Morgan fingerprint density at radius 1 is 1.52 bits per heavy atom. The first-order chi connectivity index (χ1) is 10.1. The number of hydrogen-bond acceptors (Lipinski definition) is 4. The highest BCUT2D eigenvalue weighted by Crippen LogP contribution is 2.28. The molecule has 5 nitrogen and oxygen atoms in total. The van der Waals surface area contributed by atoms with Crippen LogP contribution in [0.1, 0.15) is 16.8 Å². The molecule has 114 valence electrons. The third kappa shape index (κ3) is 4.07. The molecule has 1 N–H and O–H groups in total. The molecule has 2 atom stereocenters. The van der Waals surface area contributed by atoms with E-state index in [1.165, 1.54) is 7.11 Å². The fourth-order valence-corrected chi connectivity index (χ4v) is 3.54. The van der Waals surface area contributed by atoms with Crippen molar-refractivity contribution in [3.63, 3.8) is 0 Å². The van der Waals surface area contributed by atoms with E-state index in [-0.39, 0.29) is 11.9 Å². The van der Waals surface area contributed by atoms with Gasteiger partial charge in [0.05, 0.1) is 7.11 Å². The maximum absolute atomic E-state index is 12.2. The van der Waals surface area contributed by atoms with Crippen LogP contribution >= 0.6 is 0 Å². The summed E-state index contributed by atoms with van der Waals surface area (Å²) >= 11 is 0. The second-order valence-electron chi connectivity index (χ2n) is 4.73. The molecule has 0 bridgehead atoms. The summed E-state index contributed by atoms with van der Waals surface area (Å²) in [6, 6.07) is 5.01. The number of carbonyl (C=O) groups is 1. The molecule has 1 aliphatic rings. The van der Waals surface area contributed by atoms with Crippen LogP contribution in [0.3, 0.4) is 0 Å². The van der Waals surface area contributed by atoms with Crippen molar-refractivity contribution in [1.29, 1.82) is 0 Å². The average Bonchev–Trinajstić information content (AvgIpc) is 2.90. The third-order valence-electron chi connectivity index (χ3n) is 3.20. The highest BCUT2D eigenvalue weighted by atomic mass is 32.2. The van der Waals surface area contributed by atoms with Crippen molar-refractivity contribution in [3.8, 4) is 11.5 Å². The second-order valence-corrected chi connectivity index (χ2v) is 6.36. The Bertz CT molecular complexity index is 559. The molecule has 1 aromatic carbocycles. The normalized spacial score (nSPS) is 20.8. The predicted octanol–water partition coefficient (Wildman–Crippen LogP) is 1.51. The van der Waals surface area contributed by atoms with Crippen molar-refractivity contribution in [1.82, 2.24) is 5.32 Å². The molecule has 21 heavy (non-hydrogen) atoms. The lowest BCUT2D eigenvalue weighted by atomic mass is 10.1. The summed E-state index contributed by atoms with van der Waals surface area (Å²) < 4.78 is 22.0. The SMILES string of the molecule is C=CCOc1ccc(C(=O)N[C@H]2CC[S@](=O)C2)cc1OC. The number of carbonyl (C=O) groups excluding carboxylic acids is 1. The summed E-state index contributed by atoms with van der Waals surface area (Å²) in [6.45, 7) is 3.96. The maximum atomic E-state index is 12.2. The molecule has 0 radical (unpaired) electrons. The van der Waals surface area contributed by atoms with Crippen LogP contribution < -0.4 is 14.8 Å². The van der Waals surface area contributed by atoms with Crippen LogP contribution in [0.15, 0.2) is 30.9 Å². The van der Waals surface area contributed by atoms with Crippen molar-refractivity contribution in [2.45, 2.75) is 12.5 Å². The minimum Gasteiger partial charge on any atom is -0.493 e. The van der Waals surface area contributed by atoms with E-state index in [9.17, 15) is 9.00 Å². The number of benzene rings is 1. The number of ether oxygens (including phenoxy) is 2. The third-order valence-corrected chi connectivity index (χ3v) is 4.66. The van der Waals surface area contributed by atoms with Crippen LogP contribution in [0.2, 0.25) is 0 Å². The summed E-state index contributed by atoms with van der Waals surface area (Å²) in [5, 5.41) is 2.89. The van der Waals surface area contributed by atoms with Crippen molar-refractivity contribution < 1.29 is 18.5 Å². The molecule has 0 saturated carbocycles. The number of amides is 1. The summed E-state index contributed by atoms with van der Waals surface area (Å²) in [5.74, 6) is 2.06. The molecular weight excluding hydrogens is 290 g/mol. The van der Waals surface area contributed by atoms with Gasteiger partial charge in [0.25, 0.3) is 5.91 Å². The Hall–Kier alpha value is -1.82. The molecule has 0 aromatic heterocycles. The van der Waals surface area contributed by atoms with Gasteiger partial charge in [-0.3, -0.25) is 9.00 Å². The van der Waals surface area contributed by atoms with Gasteiger partial charge in [0.1, 0.15) is 6.61 Å². The van der Waals surface area contributed by atoms with Gasteiger partial charge in [0.2, 0.25) is 0 Å². The van der Waals surface area contributed by atoms with E-state index in [0.29, 0.717) is 35.2 Å². The van der Waals surface area contributed by atoms with Crippen LogP contribution in [0.5, 0.6) is 11.5 Å². The van der Waals surface area contributed by atoms with Crippen LogP contribution in [0, 0.1) is 0 Å². The predicted molar refractivity (Wildman–Crippen MR) is 82.4 cm³/mol. The zero-order valence-electron chi connectivity index (χ0n) is 12.0. The average molecular weight is 309 g/mol. The Balaban J connectivity index is 2.06.